The van der Waals surface area contributed by atoms with Gasteiger partial charge < -0.3 is 30.5 Å². The third-order valence-electron chi connectivity index (χ3n) is 2.28. The van der Waals surface area contributed by atoms with Crippen LogP contribution in [-0.4, -0.2) is 69.6 Å². The Hall–Kier alpha value is -1.87. The third kappa shape index (κ3) is 14.4. The van der Waals surface area contributed by atoms with Gasteiger partial charge in [-0.1, -0.05) is 0 Å². The number of hydrogen-bond acceptors (Lipinski definition) is 5. The zero-order valence-electron chi connectivity index (χ0n) is 12.1. The van der Waals surface area contributed by atoms with E-state index < -0.39 is 24.5 Å². The van der Waals surface area contributed by atoms with Gasteiger partial charge in [-0.05, 0) is 12.8 Å². The van der Waals surface area contributed by atoms with E-state index in [9.17, 15) is 14.4 Å². The smallest absolute Gasteiger partial charge is 0.322 e. The van der Waals surface area contributed by atoms with Crippen LogP contribution in [0.5, 0.6) is 0 Å². The molecule has 3 amide bonds. The van der Waals surface area contributed by atoms with E-state index >= 15 is 0 Å². The second-order valence-corrected chi connectivity index (χ2v) is 4.09. The summed E-state index contributed by atoms with van der Waals surface area (Å²) in [5, 5.41) is 15.4. The summed E-state index contributed by atoms with van der Waals surface area (Å²) in [6.45, 7) is 1.45. The molecule has 0 unspecified atom stereocenters. The molecule has 0 spiro atoms. The molecule has 0 saturated heterocycles. The second kappa shape index (κ2) is 13.1. The molecule has 21 heavy (non-hydrogen) atoms. The minimum atomic E-state index is -1.14. The highest BCUT2D eigenvalue weighted by Gasteiger charge is 2.05. The van der Waals surface area contributed by atoms with E-state index in [0.717, 1.165) is 12.8 Å². The van der Waals surface area contributed by atoms with E-state index in [4.69, 9.17) is 14.6 Å². The van der Waals surface area contributed by atoms with E-state index in [2.05, 4.69) is 16.0 Å². The van der Waals surface area contributed by atoms with Gasteiger partial charge in [0.2, 0.25) is 5.91 Å². The Morgan fingerprint density at radius 3 is 2.38 bits per heavy atom. The molecule has 0 aromatic carbocycles. The number of ether oxygens (including phenoxy) is 2. The predicted octanol–water partition coefficient (Wildman–Crippen LogP) is -1.07. The third-order valence-corrected chi connectivity index (χ3v) is 2.28. The Kier molecular flexibility index (Phi) is 12.0. The Labute approximate surface area is 123 Å². The number of carboxylic acid groups (broad SMARTS) is 1. The predicted molar refractivity (Wildman–Crippen MR) is 74.0 cm³/mol. The maximum Gasteiger partial charge on any atom is 0.322 e. The van der Waals surface area contributed by atoms with Crippen molar-refractivity contribution in [3.63, 3.8) is 0 Å². The average molecular weight is 305 g/mol. The van der Waals surface area contributed by atoms with Crippen molar-refractivity contribution in [1.82, 2.24) is 16.0 Å². The number of amides is 3. The van der Waals surface area contributed by atoms with E-state index in [1.54, 1.807) is 7.11 Å². The number of nitrogens with one attached hydrogen (secondary N) is 3. The van der Waals surface area contributed by atoms with Crippen LogP contribution in [0, 0.1) is 0 Å². The molecule has 0 aromatic rings. The van der Waals surface area contributed by atoms with Crippen LogP contribution < -0.4 is 16.0 Å². The summed E-state index contributed by atoms with van der Waals surface area (Å²) in [4.78, 5) is 32.6. The van der Waals surface area contributed by atoms with E-state index in [0.29, 0.717) is 26.4 Å². The Balaban J connectivity index is 3.38. The van der Waals surface area contributed by atoms with Crippen molar-refractivity contribution in [3.8, 4) is 0 Å². The van der Waals surface area contributed by atoms with Gasteiger partial charge in [-0.15, -0.1) is 0 Å². The molecule has 0 saturated carbocycles. The van der Waals surface area contributed by atoms with Crippen LogP contribution >= 0.6 is 0 Å². The van der Waals surface area contributed by atoms with Crippen LogP contribution in [0.15, 0.2) is 0 Å². The van der Waals surface area contributed by atoms with Crippen molar-refractivity contribution in [2.24, 2.45) is 0 Å². The SMILES string of the molecule is COCCOCCCCNC(=O)NCC(=O)NCC(=O)O. The summed E-state index contributed by atoms with van der Waals surface area (Å²) in [5.41, 5.74) is 0. The topological polar surface area (TPSA) is 126 Å². The van der Waals surface area contributed by atoms with Crippen molar-refractivity contribution in [1.29, 1.82) is 0 Å². The van der Waals surface area contributed by atoms with Crippen LogP contribution in [-0.2, 0) is 19.1 Å². The molecule has 0 aliphatic rings. The Morgan fingerprint density at radius 1 is 0.952 bits per heavy atom. The molecule has 0 aromatic heterocycles. The monoisotopic (exact) mass is 305 g/mol. The second-order valence-electron chi connectivity index (χ2n) is 4.09. The summed E-state index contributed by atoms with van der Waals surface area (Å²) >= 11 is 0. The quantitative estimate of drug-likeness (QED) is 0.340. The van der Waals surface area contributed by atoms with E-state index in [1.165, 1.54) is 0 Å². The van der Waals surface area contributed by atoms with Gasteiger partial charge in [0.15, 0.2) is 0 Å². The first kappa shape index (κ1) is 19.1. The van der Waals surface area contributed by atoms with Gasteiger partial charge in [-0.2, -0.15) is 0 Å². The minimum Gasteiger partial charge on any atom is -0.480 e. The fourth-order valence-electron chi connectivity index (χ4n) is 1.24. The highest BCUT2D eigenvalue weighted by molar-refractivity contribution is 5.86. The molecule has 122 valence electrons. The van der Waals surface area contributed by atoms with Crippen molar-refractivity contribution in [2.45, 2.75) is 12.8 Å². The first-order valence-electron chi connectivity index (χ1n) is 6.63. The Bertz CT molecular complexity index is 324. The highest BCUT2D eigenvalue weighted by Crippen LogP contribution is 1.88. The standard InChI is InChI=1S/C12H23N3O6/c1-20-6-7-21-5-3-2-4-13-12(19)15-8-10(16)14-9-11(17)18/h2-9H2,1H3,(H,14,16)(H,17,18)(H2,13,15,19). The van der Waals surface area contributed by atoms with Crippen molar-refractivity contribution >= 4 is 17.9 Å². The molecule has 0 aliphatic heterocycles. The normalized spacial score (nSPS) is 9.95. The van der Waals surface area contributed by atoms with Crippen LogP contribution in [0.3, 0.4) is 0 Å². The van der Waals surface area contributed by atoms with Crippen molar-refractivity contribution < 1.29 is 29.0 Å². The highest BCUT2D eigenvalue weighted by atomic mass is 16.5. The van der Waals surface area contributed by atoms with E-state index in [-0.39, 0.29) is 6.54 Å². The molecule has 9 heteroatoms. The number of carboxylic acids is 1. The van der Waals surface area contributed by atoms with Gasteiger partial charge in [0.1, 0.15) is 6.54 Å². The van der Waals surface area contributed by atoms with Gasteiger partial charge in [-0.3, -0.25) is 9.59 Å². The molecule has 0 bridgehead atoms. The van der Waals surface area contributed by atoms with Gasteiger partial charge >= 0.3 is 12.0 Å². The lowest BCUT2D eigenvalue weighted by atomic mass is 10.3. The molecule has 0 heterocycles. The van der Waals surface area contributed by atoms with Crippen LogP contribution in [0.25, 0.3) is 0 Å². The summed E-state index contributed by atoms with van der Waals surface area (Å²) in [6, 6.07) is -0.472. The number of methoxy groups -OCH3 is 1. The van der Waals surface area contributed by atoms with Crippen LogP contribution in [0.2, 0.25) is 0 Å². The summed E-state index contributed by atoms with van der Waals surface area (Å²) < 4.78 is 10.1. The number of rotatable bonds is 12. The maximum atomic E-state index is 11.3. The van der Waals surface area contributed by atoms with Gasteiger partial charge in [0.05, 0.1) is 19.8 Å². The first-order chi connectivity index (χ1) is 10.1. The number of aliphatic carboxylic acids is 1. The number of urea groups is 1. The van der Waals surface area contributed by atoms with Gasteiger partial charge in [-0.25, -0.2) is 4.79 Å². The molecular weight excluding hydrogens is 282 g/mol. The lowest BCUT2D eigenvalue weighted by molar-refractivity contribution is -0.137. The minimum absolute atomic E-state index is 0.265. The molecule has 0 atom stereocenters. The van der Waals surface area contributed by atoms with Crippen LogP contribution in [0.4, 0.5) is 4.79 Å². The molecular formula is C12H23N3O6. The summed E-state index contributed by atoms with van der Waals surface area (Å²) in [6.07, 6.45) is 1.56. The molecule has 9 nitrogen and oxygen atoms in total. The average Bonchev–Trinajstić information content (AvgIpc) is 2.45. The van der Waals surface area contributed by atoms with Gasteiger partial charge in [0.25, 0.3) is 0 Å². The number of carbonyl (C=O) groups excluding carboxylic acids is 2. The van der Waals surface area contributed by atoms with Gasteiger partial charge in [0, 0.05) is 20.3 Å². The van der Waals surface area contributed by atoms with Crippen molar-refractivity contribution in [3.05, 3.63) is 0 Å². The molecule has 0 aliphatic carbocycles. The molecule has 0 fully saturated rings. The van der Waals surface area contributed by atoms with E-state index in [1.807, 2.05) is 0 Å². The largest absolute Gasteiger partial charge is 0.480 e. The van der Waals surface area contributed by atoms with Crippen molar-refractivity contribution in [2.75, 3.05) is 46.6 Å². The summed E-state index contributed by atoms with van der Waals surface area (Å²) in [5.74, 6) is -1.69. The Morgan fingerprint density at radius 2 is 1.71 bits per heavy atom. The fourth-order valence-corrected chi connectivity index (χ4v) is 1.24. The lowest BCUT2D eigenvalue weighted by Crippen LogP contribution is -2.43. The summed E-state index contributed by atoms with van der Waals surface area (Å²) in [7, 11) is 1.60. The number of unbranched alkanes of at least 4 members (excludes halogenated alkanes) is 1. The lowest BCUT2D eigenvalue weighted by Gasteiger charge is -2.07. The zero-order valence-corrected chi connectivity index (χ0v) is 12.1. The zero-order chi connectivity index (χ0) is 15.9. The fraction of sp³-hybridized carbons (Fsp3) is 0.750. The number of carbonyl (C=O) groups is 3. The maximum absolute atomic E-state index is 11.3. The van der Waals surface area contributed by atoms with Crippen LogP contribution in [0.1, 0.15) is 12.8 Å². The molecule has 0 radical (unpaired) electrons. The molecule has 0 rings (SSSR count). The molecule has 4 N–H and O–H groups in total. The number of hydrogen-bond donors (Lipinski definition) is 4. The first-order valence-corrected chi connectivity index (χ1v) is 6.63.